The minimum Gasteiger partial charge on any atom is -0.379 e. The van der Waals surface area contributed by atoms with Crippen LogP contribution in [0.15, 0.2) is 107 Å². The first kappa shape index (κ1) is 37.4. The van der Waals surface area contributed by atoms with Gasteiger partial charge in [-0.2, -0.15) is 16.8 Å². The molecule has 270 valence electrons. The van der Waals surface area contributed by atoms with Crippen LogP contribution in [0.25, 0.3) is 0 Å². The monoisotopic (exact) mass is 742 g/mol. The van der Waals surface area contributed by atoms with E-state index in [9.17, 15) is 26.4 Å². The Morgan fingerprint density at radius 3 is 1.17 bits per heavy atom. The lowest BCUT2D eigenvalue weighted by Gasteiger charge is -2.14. The molecule has 0 heterocycles. The van der Waals surface area contributed by atoms with Crippen molar-refractivity contribution in [3.8, 4) is 11.5 Å². The summed E-state index contributed by atoms with van der Waals surface area (Å²) >= 11 is 0. The highest BCUT2D eigenvalue weighted by Gasteiger charge is 2.23. The third kappa shape index (κ3) is 9.27. The summed E-state index contributed by atoms with van der Waals surface area (Å²) < 4.78 is 63.6. The van der Waals surface area contributed by atoms with Crippen molar-refractivity contribution in [3.05, 3.63) is 130 Å². The van der Waals surface area contributed by atoms with E-state index in [2.05, 4.69) is 21.3 Å². The SMILES string of the molecule is Cc1cc(C)c(NC(=O)Nc2cccc(OS(=O)(=O)c3cccc(S(=O)(=O)Oc4cccc(NC(=O)Nc5c(C)cc(C)cc5C)c4)c3)c2)c(C)c1. The summed E-state index contributed by atoms with van der Waals surface area (Å²) in [5.41, 5.74) is 7.51. The lowest BCUT2D eigenvalue weighted by Crippen LogP contribution is -2.20. The van der Waals surface area contributed by atoms with Gasteiger partial charge < -0.3 is 29.6 Å². The molecule has 0 saturated carbocycles. The summed E-state index contributed by atoms with van der Waals surface area (Å²) in [4.78, 5) is 24.6. The number of carbonyl (C=O) groups excluding carboxylic acids is 2. The van der Waals surface area contributed by atoms with Gasteiger partial charge >= 0.3 is 32.3 Å². The van der Waals surface area contributed by atoms with E-state index < -0.39 is 42.1 Å². The van der Waals surface area contributed by atoms with E-state index in [-0.39, 0.29) is 22.9 Å². The topological polar surface area (TPSA) is 169 Å². The summed E-state index contributed by atoms with van der Waals surface area (Å²) in [7, 11) is -9.07. The minimum atomic E-state index is -4.54. The third-order valence-electron chi connectivity index (χ3n) is 7.81. The van der Waals surface area contributed by atoms with Gasteiger partial charge in [-0.3, -0.25) is 0 Å². The molecule has 0 fully saturated rings. The molecule has 52 heavy (non-hydrogen) atoms. The lowest BCUT2D eigenvalue weighted by atomic mass is 10.1. The van der Waals surface area contributed by atoms with Gasteiger partial charge in [0.25, 0.3) is 0 Å². The fourth-order valence-electron chi connectivity index (χ4n) is 5.69. The van der Waals surface area contributed by atoms with E-state index >= 15 is 0 Å². The maximum atomic E-state index is 13.2. The Bertz CT molecular complexity index is 2200. The summed E-state index contributed by atoms with van der Waals surface area (Å²) in [6.07, 6.45) is 0. The normalized spacial score (nSPS) is 11.3. The lowest BCUT2D eigenvalue weighted by molar-refractivity contribution is 0.261. The molecular weight excluding hydrogens is 705 g/mol. The van der Waals surface area contributed by atoms with E-state index in [1.165, 1.54) is 54.6 Å². The fraction of sp³-hybridized carbons (Fsp3) is 0.158. The van der Waals surface area contributed by atoms with Crippen molar-refractivity contribution in [3.63, 3.8) is 0 Å². The number of amides is 4. The van der Waals surface area contributed by atoms with E-state index in [1.807, 2.05) is 65.8 Å². The second-order valence-electron chi connectivity index (χ2n) is 12.3. The number of rotatable bonds is 10. The molecule has 0 bridgehead atoms. The quantitative estimate of drug-likeness (QED) is 0.104. The van der Waals surface area contributed by atoms with Crippen LogP contribution in [-0.2, 0) is 20.2 Å². The predicted molar refractivity (Wildman–Crippen MR) is 202 cm³/mol. The van der Waals surface area contributed by atoms with Crippen molar-refractivity contribution in [2.45, 2.75) is 51.3 Å². The van der Waals surface area contributed by atoms with Crippen LogP contribution < -0.4 is 29.6 Å². The van der Waals surface area contributed by atoms with Crippen LogP contribution in [0, 0.1) is 41.5 Å². The Balaban J connectivity index is 1.25. The Kier molecular flexibility index (Phi) is 10.9. The molecule has 0 aliphatic carbocycles. The van der Waals surface area contributed by atoms with Gasteiger partial charge in [-0.05, 0) is 106 Å². The number of hydrogen-bond donors (Lipinski definition) is 4. The molecule has 0 radical (unpaired) electrons. The molecule has 5 aromatic carbocycles. The number of hydrogen-bond acceptors (Lipinski definition) is 8. The van der Waals surface area contributed by atoms with Crippen LogP contribution in [0.5, 0.6) is 11.5 Å². The summed E-state index contributed by atoms with van der Waals surface area (Å²) in [5, 5.41) is 10.9. The highest BCUT2D eigenvalue weighted by molar-refractivity contribution is 7.88. The van der Waals surface area contributed by atoms with Crippen molar-refractivity contribution >= 4 is 55.0 Å². The van der Waals surface area contributed by atoms with E-state index in [1.54, 1.807) is 12.1 Å². The average Bonchev–Trinajstić information content (AvgIpc) is 3.04. The summed E-state index contributed by atoms with van der Waals surface area (Å²) in [6.45, 7) is 11.5. The second-order valence-corrected chi connectivity index (χ2v) is 15.4. The van der Waals surface area contributed by atoms with Gasteiger partial charge in [-0.25, -0.2) is 9.59 Å². The van der Waals surface area contributed by atoms with Crippen LogP contribution in [0.3, 0.4) is 0 Å². The molecule has 0 aliphatic heterocycles. The Morgan fingerprint density at radius 1 is 0.462 bits per heavy atom. The second kappa shape index (κ2) is 15.2. The fourth-order valence-corrected chi connectivity index (χ4v) is 7.71. The molecule has 0 aliphatic rings. The highest BCUT2D eigenvalue weighted by Crippen LogP contribution is 2.28. The minimum absolute atomic E-state index is 0.119. The molecule has 0 saturated heterocycles. The van der Waals surface area contributed by atoms with Gasteiger partial charge in [0.15, 0.2) is 0 Å². The Hall–Kier alpha value is -5.86. The predicted octanol–water partition coefficient (Wildman–Crippen LogP) is 8.36. The van der Waals surface area contributed by atoms with Crippen molar-refractivity contribution in [1.82, 2.24) is 0 Å². The standard InChI is InChI=1S/C38H38N4O8S2/c1-23-16-25(3)35(26(4)17-23)41-37(43)39-29-10-7-12-31(20-29)49-51(45,46)33-14-9-15-34(22-33)52(47,48)50-32-13-8-11-30(21-32)40-38(44)42-36-27(5)18-24(2)19-28(36)6/h7-22H,1-6H3,(H2,39,41,43)(H2,40,42,44). The van der Waals surface area contributed by atoms with Gasteiger partial charge in [-0.1, -0.05) is 53.6 Å². The third-order valence-corrected chi connectivity index (χ3v) is 10.3. The molecule has 0 atom stereocenters. The van der Waals surface area contributed by atoms with Crippen molar-refractivity contribution in [2.24, 2.45) is 0 Å². The largest absolute Gasteiger partial charge is 0.379 e. The smallest absolute Gasteiger partial charge is 0.339 e. The Labute approximate surface area is 303 Å². The van der Waals surface area contributed by atoms with Gasteiger partial charge in [0.1, 0.15) is 21.3 Å². The number of benzene rings is 5. The maximum absolute atomic E-state index is 13.2. The number of nitrogens with one attached hydrogen (secondary N) is 4. The molecular formula is C38H38N4O8S2. The Morgan fingerprint density at radius 2 is 0.808 bits per heavy atom. The van der Waals surface area contributed by atoms with Gasteiger partial charge in [-0.15, -0.1) is 0 Å². The average molecular weight is 743 g/mol. The van der Waals surface area contributed by atoms with Gasteiger partial charge in [0, 0.05) is 34.9 Å². The molecule has 4 amide bonds. The van der Waals surface area contributed by atoms with Gasteiger partial charge in [0.05, 0.1) is 0 Å². The molecule has 0 aromatic heterocycles. The van der Waals surface area contributed by atoms with Crippen molar-refractivity contribution in [1.29, 1.82) is 0 Å². The highest BCUT2D eigenvalue weighted by atomic mass is 32.2. The van der Waals surface area contributed by atoms with Crippen LogP contribution >= 0.6 is 0 Å². The zero-order chi connectivity index (χ0) is 37.8. The molecule has 14 heteroatoms. The number of anilines is 4. The first-order valence-electron chi connectivity index (χ1n) is 16.0. The zero-order valence-electron chi connectivity index (χ0n) is 29.3. The molecule has 0 spiro atoms. The molecule has 4 N–H and O–H groups in total. The first-order valence-corrected chi connectivity index (χ1v) is 18.8. The van der Waals surface area contributed by atoms with Gasteiger partial charge in [0.2, 0.25) is 0 Å². The number of aryl methyl sites for hydroxylation is 6. The van der Waals surface area contributed by atoms with Crippen molar-refractivity contribution < 1.29 is 34.8 Å². The van der Waals surface area contributed by atoms with E-state index in [0.29, 0.717) is 11.4 Å². The number of urea groups is 2. The first-order chi connectivity index (χ1) is 24.5. The molecule has 0 unspecified atom stereocenters. The number of carbonyl (C=O) groups is 2. The van der Waals surface area contributed by atoms with Crippen LogP contribution in [0.2, 0.25) is 0 Å². The van der Waals surface area contributed by atoms with E-state index in [0.717, 1.165) is 39.4 Å². The van der Waals surface area contributed by atoms with Crippen LogP contribution in [0.1, 0.15) is 33.4 Å². The summed E-state index contributed by atoms with van der Waals surface area (Å²) in [5.74, 6) is -0.239. The van der Waals surface area contributed by atoms with Crippen LogP contribution in [-0.4, -0.2) is 28.9 Å². The summed E-state index contributed by atoms with van der Waals surface area (Å²) in [6, 6.07) is 22.7. The zero-order valence-corrected chi connectivity index (χ0v) is 31.0. The maximum Gasteiger partial charge on any atom is 0.339 e. The van der Waals surface area contributed by atoms with Crippen LogP contribution in [0.4, 0.5) is 32.3 Å². The molecule has 12 nitrogen and oxygen atoms in total. The van der Waals surface area contributed by atoms with E-state index in [4.69, 9.17) is 8.37 Å². The molecule has 5 rings (SSSR count). The molecule has 5 aromatic rings. The van der Waals surface area contributed by atoms with Crippen molar-refractivity contribution in [2.75, 3.05) is 21.3 Å².